The van der Waals surface area contributed by atoms with Gasteiger partial charge in [-0.2, -0.15) is 11.3 Å². The minimum absolute atomic E-state index is 0.111. The fourth-order valence-electron chi connectivity index (χ4n) is 2.98. The summed E-state index contributed by atoms with van der Waals surface area (Å²) in [7, 11) is 0. The van der Waals surface area contributed by atoms with Crippen LogP contribution in [0.2, 0.25) is 0 Å². The number of rotatable bonds is 7. The Morgan fingerprint density at radius 2 is 2.21 bits per heavy atom. The highest BCUT2D eigenvalue weighted by molar-refractivity contribution is 7.07. The van der Waals surface area contributed by atoms with E-state index in [1.807, 2.05) is 22.4 Å². The number of nitrogens with zero attached hydrogens (tertiary/aromatic N) is 1. The van der Waals surface area contributed by atoms with Crippen LogP contribution in [0.5, 0.6) is 5.75 Å². The van der Waals surface area contributed by atoms with Gasteiger partial charge in [-0.15, -0.1) is 0 Å². The highest BCUT2D eigenvalue weighted by Gasteiger charge is 2.23. The van der Waals surface area contributed by atoms with Gasteiger partial charge in [-0.25, -0.2) is 0 Å². The molecule has 0 radical (unpaired) electrons. The average molecular weight is 345 g/mol. The maximum atomic E-state index is 12.7. The third-order valence-corrected chi connectivity index (χ3v) is 5.09. The van der Waals surface area contributed by atoms with Crippen LogP contribution in [0.3, 0.4) is 0 Å². The molecule has 0 aliphatic carbocycles. The first kappa shape index (κ1) is 17.0. The maximum Gasteiger partial charge on any atom is 0.223 e. The largest absolute Gasteiger partial charge is 0.508 e. The molecule has 0 saturated carbocycles. The van der Waals surface area contributed by atoms with E-state index in [4.69, 9.17) is 4.74 Å². The number of benzene rings is 1. The summed E-state index contributed by atoms with van der Waals surface area (Å²) in [5, 5.41) is 14.1. The van der Waals surface area contributed by atoms with Crippen LogP contribution < -0.4 is 0 Å². The second-order valence-electron chi connectivity index (χ2n) is 6.17. The molecule has 24 heavy (non-hydrogen) atoms. The highest BCUT2D eigenvalue weighted by Crippen LogP contribution is 2.21. The van der Waals surface area contributed by atoms with Crippen molar-refractivity contribution >= 4 is 17.2 Å². The Kier molecular flexibility index (Phi) is 5.88. The SMILES string of the molecule is O=C(CCc1ccsc1)N(Cc1ccccc1O)CC1CCCO1. The van der Waals surface area contributed by atoms with Gasteiger partial charge < -0.3 is 14.7 Å². The second-order valence-corrected chi connectivity index (χ2v) is 6.95. The number of ether oxygens (including phenoxy) is 1. The monoisotopic (exact) mass is 345 g/mol. The Bertz CT molecular complexity index is 650. The minimum Gasteiger partial charge on any atom is -0.508 e. The molecule has 1 unspecified atom stereocenters. The van der Waals surface area contributed by atoms with E-state index in [2.05, 4.69) is 11.4 Å². The number of aromatic hydroxyl groups is 1. The number of amides is 1. The molecule has 1 atom stereocenters. The van der Waals surface area contributed by atoms with E-state index >= 15 is 0 Å². The van der Waals surface area contributed by atoms with Crippen LogP contribution >= 0.6 is 11.3 Å². The number of phenolic OH excluding ortho intramolecular Hbond substituents is 1. The molecule has 1 N–H and O–H groups in total. The number of carbonyl (C=O) groups excluding carboxylic acids is 1. The van der Waals surface area contributed by atoms with Crippen molar-refractivity contribution < 1.29 is 14.6 Å². The van der Waals surface area contributed by atoms with Crippen LogP contribution in [-0.4, -0.2) is 35.2 Å². The van der Waals surface area contributed by atoms with Crippen molar-refractivity contribution in [2.45, 2.75) is 38.3 Å². The smallest absolute Gasteiger partial charge is 0.223 e. The van der Waals surface area contributed by atoms with Gasteiger partial charge in [-0.3, -0.25) is 4.79 Å². The zero-order valence-electron chi connectivity index (χ0n) is 13.7. The molecule has 1 aliphatic rings. The summed E-state index contributed by atoms with van der Waals surface area (Å²) in [5.74, 6) is 0.348. The first-order valence-corrected chi connectivity index (χ1v) is 9.34. The van der Waals surface area contributed by atoms with Gasteiger partial charge in [0.1, 0.15) is 5.75 Å². The number of hydrogen-bond acceptors (Lipinski definition) is 4. The predicted octanol–water partition coefficient (Wildman–Crippen LogP) is 3.59. The van der Waals surface area contributed by atoms with Gasteiger partial charge in [0.25, 0.3) is 0 Å². The maximum absolute atomic E-state index is 12.7. The van der Waals surface area contributed by atoms with Crippen LogP contribution in [0.25, 0.3) is 0 Å². The molecular formula is C19H23NO3S. The van der Waals surface area contributed by atoms with E-state index in [9.17, 15) is 9.90 Å². The fraction of sp³-hybridized carbons (Fsp3) is 0.421. The van der Waals surface area contributed by atoms with Crippen LogP contribution in [0.4, 0.5) is 0 Å². The molecule has 0 bridgehead atoms. The van der Waals surface area contributed by atoms with E-state index < -0.39 is 0 Å². The lowest BCUT2D eigenvalue weighted by Gasteiger charge is -2.26. The number of aryl methyl sites for hydroxylation is 1. The van der Waals surface area contributed by atoms with E-state index in [0.29, 0.717) is 19.5 Å². The Morgan fingerprint density at radius 3 is 2.92 bits per heavy atom. The van der Waals surface area contributed by atoms with Crippen LogP contribution in [0.15, 0.2) is 41.1 Å². The number of para-hydroxylation sites is 1. The lowest BCUT2D eigenvalue weighted by atomic mass is 10.1. The van der Waals surface area contributed by atoms with Gasteiger partial charge in [0.05, 0.1) is 6.10 Å². The van der Waals surface area contributed by atoms with Crippen molar-refractivity contribution in [3.05, 3.63) is 52.2 Å². The number of carbonyl (C=O) groups is 1. The molecule has 3 rings (SSSR count). The molecule has 4 nitrogen and oxygen atoms in total. The zero-order valence-corrected chi connectivity index (χ0v) is 14.5. The predicted molar refractivity (Wildman–Crippen MR) is 95.1 cm³/mol. The molecule has 1 saturated heterocycles. The fourth-order valence-corrected chi connectivity index (χ4v) is 3.69. The molecule has 1 aromatic carbocycles. The molecule has 128 valence electrons. The Labute approximate surface area is 146 Å². The van der Waals surface area contributed by atoms with Crippen molar-refractivity contribution in [1.29, 1.82) is 0 Å². The molecular weight excluding hydrogens is 322 g/mol. The number of thiophene rings is 1. The summed E-state index contributed by atoms with van der Waals surface area (Å²) in [4.78, 5) is 14.6. The summed E-state index contributed by atoms with van der Waals surface area (Å²) in [6, 6.07) is 9.27. The first-order valence-electron chi connectivity index (χ1n) is 8.39. The summed E-state index contributed by atoms with van der Waals surface area (Å²) in [5.41, 5.74) is 1.98. The Hall–Kier alpha value is -1.85. The van der Waals surface area contributed by atoms with Crippen LogP contribution in [-0.2, 0) is 22.5 Å². The first-order chi connectivity index (χ1) is 11.7. The molecule has 1 aliphatic heterocycles. The quantitative estimate of drug-likeness (QED) is 0.834. The third kappa shape index (κ3) is 4.58. The van der Waals surface area contributed by atoms with Gasteiger partial charge in [0.15, 0.2) is 0 Å². The minimum atomic E-state index is 0.111. The topological polar surface area (TPSA) is 49.8 Å². The van der Waals surface area contributed by atoms with E-state index in [0.717, 1.165) is 31.4 Å². The second kappa shape index (κ2) is 8.31. The molecule has 1 amide bonds. The Morgan fingerprint density at radius 1 is 1.33 bits per heavy atom. The van der Waals surface area contributed by atoms with Crippen molar-refractivity contribution in [2.24, 2.45) is 0 Å². The van der Waals surface area contributed by atoms with E-state index in [1.54, 1.807) is 23.5 Å². The van der Waals surface area contributed by atoms with Gasteiger partial charge >= 0.3 is 0 Å². The molecule has 0 spiro atoms. The van der Waals surface area contributed by atoms with Gasteiger partial charge in [0.2, 0.25) is 5.91 Å². The van der Waals surface area contributed by atoms with Crippen molar-refractivity contribution in [2.75, 3.05) is 13.2 Å². The Balaban J connectivity index is 1.66. The number of phenols is 1. The third-order valence-electron chi connectivity index (χ3n) is 4.36. The number of hydrogen-bond donors (Lipinski definition) is 1. The summed E-state index contributed by atoms with van der Waals surface area (Å²) >= 11 is 1.65. The van der Waals surface area contributed by atoms with E-state index in [-0.39, 0.29) is 17.8 Å². The van der Waals surface area contributed by atoms with Gasteiger partial charge in [0, 0.05) is 31.7 Å². The van der Waals surface area contributed by atoms with Crippen LogP contribution in [0.1, 0.15) is 30.4 Å². The standard InChI is InChI=1S/C19H23NO3S/c21-18-6-2-1-4-16(18)12-20(13-17-5-3-10-23-17)19(22)8-7-15-9-11-24-14-15/h1-2,4,6,9,11,14,17,21H,3,5,7-8,10,12-13H2. The van der Waals surface area contributed by atoms with E-state index in [1.165, 1.54) is 5.56 Å². The van der Waals surface area contributed by atoms with Gasteiger partial charge in [-0.05, 0) is 47.7 Å². The molecule has 2 heterocycles. The summed E-state index contributed by atoms with van der Waals surface area (Å²) in [6.07, 6.45) is 3.40. The van der Waals surface area contributed by atoms with Crippen molar-refractivity contribution in [1.82, 2.24) is 4.90 Å². The molecule has 1 fully saturated rings. The molecule has 2 aromatic rings. The normalized spacial score (nSPS) is 17.1. The molecule has 1 aromatic heterocycles. The van der Waals surface area contributed by atoms with Crippen LogP contribution in [0, 0.1) is 0 Å². The lowest BCUT2D eigenvalue weighted by Crippen LogP contribution is -2.37. The summed E-state index contributed by atoms with van der Waals surface area (Å²) in [6.45, 7) is 1.80. The average Bonchev–Trinajstić information content (AvgIpc) is 3.27. The summed E-state index contributed by atoms with van der Waals surface area (Å²) < 4.78 is 5.70. The molecule has 5 heteroatoms. The van der Waals surface area contributed by atoms with Crippen molar-refractivity contribution in [3.8, 4) is 5.75 Å². The van der Waals surface area contributed by atoms with Gasteiger partial charge in [-0.1, -0.05) is 18.2 Å². The lowest BCUT2D eigenvalue weighted by molar-refractivity contribution is -0.133. The highest BCUT2D eigenvalue weighted by atomic mass is 32.1. The van der Waals surface area contributed by atoms with Crippen molar-refractivity contribution in [3.63, 3.8) is 0 Å². The zero-order chi connectivity index (χ0) is 16.8.